The number of thioether (sulfide) groups is 1. The Morgan fingerprint density at radius 3 is 2.82 bits per heavy atom. The number of guanidine groups is 1. The average molecular weight is 570 g/mol. The van der Waals surface area contributed by atoms with E-state index in [9.17, 15) is 23.9 Å². The summed E-state index contributed by atoms with van der Waals surface area (Å²) >= 11 is 2.00. The second-order valence-corrected chi connectivity index (χ2v) is 9.89. The second-order valence-electron chi connectivity index (χ2n) is 8.00. The maximum atomic E-state index is 12.9. The Bertz CT molecular complexity index is 1220. The number of nitrogen functional groups attached to an aromatic ring is 1. The predicted octanol–water partition coefficient (Wildman–Crippen LogP) is -1.74. The van der Waals surface area contributed by atoms with Crippen molar-refractivity contribution in [2.45, 2.75) is 11.4 Å². The van der Waals surface area contributed by atoms with E-state index in [0.717, 1.165) is 29.5 Å². The van der Waals surface area contributed by atoms with Crippen LogP contribution in [0.4, 0.5) is 9.52 Å². The Morgan fingerprint density at radius 2 is 2.18 bits per heavy atom. The molecule has 4 heterocycles. The number of oxime groups is 1. The van der Waals surface area contributed by atoms with Gasteiger partial charge in [0, 0.05) is 56.1 Å². The molecule has 0 saturated carbocycles. The van der Waals surface area contributed by atoms with Crippen LogP contribution >= 0.6 is 23.3 Å². The van der Waals surface area contributed by atoms with Crippen LogP contribution in [0.15, 0.2) is 21.5 Å². The number of halogens is 1. The molecule has 0 radical (unpaired) electrons. The highest BCUT2D eigenvalue weighted by atomic mass is 32.2. The first-order valence-corrected chi connectivity index (χ1v) is 12.9. The normalized spacial score (nSPS) is 21.7. The number of hydrogen-bond acceptors (Lipinski definition) is 13. The van der Waals surface area contributed by atoms with E-state index in [0.29, 0.717) is 13.1 Å². The Kier molecular flexibility index (Phi) is 8.37. The number of rotatable bonds is 8. The zero-order chi connectivity index (χ0) is 27.4. The fraction of sp³-hybridized carbons (Fsp3) is 0.474. The van der Waals surface area contributed by atoms with E-state index in [2.05, 4.69) is 35.1 Å². The van der Waals surface area contributed by atoms with E-state index in [4.69, 9.17) is 11.1 Å². The third-order valence-corrected chi connectivity index (χ3v) is 7.51. The third-order valence-electron chi connectivity index (χ3n) is 5.67. The number of nitrogens with one attached hydrogen (secondary N) is 3. The number of hydrazone groups is 1. The molecule has 0 aliphatic carbocycles. The van der Waals surface area contributed by atoms with Gasteiger partial charge >= 0.3 is 5.97 Å². The van der Waals surface area contributed by atoms with Crippen molar-refractivity contribution in [1.82, 2.24) is 34.8 Å². The molecule has 6 N–H and O–H groups in total. The fourth-order valence-electron chi connectivity index (χ4n) is 3.85. The molecular weight excluding hydrogens is 545 g/mol. The lowest BCUT2D eigenvalue weighted by atomic mass is 10.0. The lowest BCUT2D eigenvalue weighted by molar-refractivity contribution is -0.150. The molecule has 2 amide bonds. The second kappa shape index (κ2) is 11.7. The van der Waals surface area contributed by atoms with Gasteiger partial charge in [-0.05, 0) is 0 Å². The lowest BCUT2D eigenvalue weighted by Crippen LogP contribution is -2.71. The van der Waals surface area contributed by atoms with E-state index in [1.54, 1.807) is 7.05 Å². The van der Waals surface area contributed by atoms with Crippen LogP contribution in [0.25, 0.3) is 0 Å². The average Bonchev–Trinajstić information content (AvgIpc) is 3.35. The summed E-state index contributed by atoms with van der Waals surface area (Å²) in [6, 6.07) is -1.09. The summed E-state index contributed by atoms with van der Waals surface area (Å²) in [4.78, 5) is 48.9. The number of carboxylic acids is 1. The van der Waals surface area contributed by atoms with Crippen LogP contribution in [0.2, 0.25) is 0 Å². The van der Waals surface area contributed by atoms with E-state index in [1.165, 1.54) is 23.0 Å². The van der Waals surface area contributed by atoms with Gasteiger partial charge in [-0.15, -0.1) is 11.8 Å². The van der Waals surface area contributed by atoms with Crippen LogP contribution < -0.4 is 16.4 Å². The van der Waals surface area contributed by atoms with Gasteiger partial charge in [0.05, 0.1) is 6.21 Å². The van der Waals surface area contributed by atoms with E-state index >= 15 is 0 Å². The Labute approximate surface area is 223 Å². The van der Waals surface area contributed by atoms with Crippen molar-refractivity contribution in [1.29, 1.82) is 5.41 Å². The number of nitrogens with two attached hydrogens (primary N) is 1. The number of alkyl halides is 1. The number of hydrogen-bond donors (Lipinski definition) is 5. The van der Waals surface area contributed by atoms with Gasteiger partial charge in [0.1, 0.15) is 17.1 Å². The Balaban J connectivity index is 1.47. The zero-order valence-electron chi connectivity index (χ0n) is 20.0. The number of carbonyl (C=O) groups is 3. The van der Waals surface area contributed by atoms with Crippen molar-refractivity contribution in [3.63, 3.8) is 0 Å². The van der Waals surface area contributed by atoms with Gasteiger partial charge in [0.2, 0.25) is 17.5 Å². The summed E-state index contributed by atoms with van der Waals surface area (Å²) in [5.41, 5.74) is 5.06. The van der Waals surface area contributed by atoms with E-state index in [1.807, 2.05) is 4.90 Å². The van der Waals surface area contributed by atoms with Crippen molar-refractivity contribution >= 4 is 64.1 Å². The highest BCUT2D eigenvalue weighted by Gasteiger charge is 2.54. The van der Waals surface area contributed by atoms with Crippen LogP contribution in [0, 0.1) is 5.41 Å². The first kappa shape index (κ1) is 27.2. The van der Waals surface area contributed by atoms with E-state index < -0.39 is 41.8 Å². The van der Waals surface area contributed by atoms with Crippen molar-refractivity contribution in [3.8, 4) is 0 Å². The van der Waals surface area contributed by atoms with Crippen LogP contribution in [-0.4, -0.2) is 122 Å². The third kappa shape index (κ3) is 5.53. The van der Waals surface area contributed by atoms with Gasteiger partial charge in [0.15, 0.2) is 5.13 Å². The largest absolute Gasteiger partial charge is 0.477 e. The monoisotopic (exact) mass is 569 g/mol. The molecule has 1 aromatic heterocycles. The molecule has 3 aliphatic heterocycles. The smallest absolute Gasteiger partial charge is 0.353 e. The SMILES string of the molecule is CN(N=CC1=C(C(=O)O)N2C(=O)C(NC(=O)/C(=N\OCF)c3nsc(N)n3)[C@@H]2SC1)C(=N)N1CCNCC1. The minimum Gasteiger partial charge on any atom is -0.477 e. The number of aromatic nitrogens is 2. The number of carbonyl (C=O) groups excluding carboxylic acids is 2. The highest BCUT2D eigenvalue weighted by Crippen LogP contribution is 2.40. The van der Waals surface area contributed by atoms with Crippen LogP contribution in [0.3, 0.4) is 0 Å². The molecular formula is C19H24FN11O5S2. The summed E-state index contributed by atoms with van der Waals surface area (Å²) in [5.74, 6) is -2.80. The van der Waals surface area contributed by atoms with Gasteiger partial charge in [-0.25, -0.2) is 14.2 Å². The first-order chi connectivity index (χ1) is 18.2. The number of aliphatic carboxylic acids is 1. The number of anilines is 1. The van der Waals surface area contributed by atoms with Crippen molar-refractivity contribution in [2.24, 2.45) is 10.3 Å². The molecule has 0 bridgehead atoms. The first-order valence-electron chi connectivity index (χ1n) is 11.1. The molecule has 16 nitrogen and oxygen atoms in total. The minimum absolute atomic E-state index is 0.0358. The Hall–Kier alpha value is -3.84. The van der Waals surface area contributed by atoms with Gasteiger partial charge < -0.3 is 31.2 Å². The van der Waals surface area contributed by atoms with Gasteiger partial charge in [-0.1, -0.05) is 5.16 Å². The molecule has 2 atom stereocenters. The predicted molar refractivity (Wildman–Crippen MR) is 136 cm³/mol. The fourth-order valence-corrected chi connectivity index (χ4v) is 5.58. The van der Waals surface area contributed by atoms with Crippen molar-refractivity contribution < 1.29 is 28.7 Å². The molecule has 4 rings (SSSR count). The lowest BCUT2D eigenvalue weighted by Gasteiger charge is -2.49. The number of amides is 2. The Morgan fingerprint density at radius 1 is 1.45 bits per heavy atom. The van der Waals surface area contributed by atoms with Gasteiger partial charge in [-0.3, -0.25) is 19.9 Å². The van der Waals surface area contributed by atoms with Crippen LogP contribution in [0.5, 0.6) is 0 Å². The number of fused-ring (bicyclic) bond motifs is 1. The standard InChI is InChI=1S/C19H24FN11O5S2/c1-29(19(22)30-4-2-23-3-5-30)24-6-9-7-37-16-11(15(33)31(16)12(9)17(34)35)25-14(32)10(27-36-8-20)13-26-18(21)38-28-13/h6,11,16,22-23H,2-5,7-8H2,1H3,(H,25,32)(H,34,35)(H2,21,26,28)/b22-19?,24-6?,27-10-/t11?,16-/m0/s1. The minimum atomic E-state index is -1.34. The molecule has 3 aliphatic rings. The summed E-state index contributed by atoms with van der Waals surface area (Å²) < 4.78 is 16.3. The van der Waals surface area contributed by atoms with Crippen LogP contribution in [0.1, 0.15) is 5.82 Å². The summed E-state index contributed by atoms with van der Waals surface area (Å²) in [6.07, 6.45) is 1.32. The molecule has 1 aromatic rings. The quantitative estimate of drug-likeness (QED) is 0.102. The number of carboxylic acid groups (broad SMARTS) is 1. The molecule has 1 unspecified atom stereocenters. The number of piperazine rings is 1. The molecule has 0 aromatic carbocycles. The number of β-lactam (4-membered cyclic amide) rings is 1. The van der Waals surface area contributed by atoms with Gasteiger partial charge in [0.25, 0.3) is 18.7 Å². The van der Waals surface area contributed by atoms with Crippen LogP contribution in [-0.2, 0) is 19.2 Å². The molecule has 0 spiro atoms. The molecule has 2 fully saturated rings. The zero-order valence-corrected chi connectivity index (χ0v) is 21.6. The number of nitrogens with zero attached hydrogens (tertiary/aromatic N) is 7. The van der Waals surface area contributed by atoms with E-state index in [-0.39, 0.29) is 33.9 Å². The van der Waals surface area contributed by atoms with Gasteiger partial charge in [-0.2, -0.15) is 14.5 Å². The summed E-state index contributed by atoms with van der Waals surface area (Å²) in [6.45, 7) is 1.46. The van der Waals surface area contributed by atoms with Crippen molar-refractivity contribution in [3.05, 3.63) is 17.1 Å². The molecule has 2 saturated heterocycles. The molecule has 19 heteroatoms. The van der Waals surface area contributed by atoms with Crippen molar-refractivity contribution in [2.75, 3.05) is 51.6 Å². The summed E-state index contributed by atoms with van der Waals surface area (Å²) in [7, 11) is 1.58. The molecule has 204 valence electrons. The maximum Gasteiger partial charge on any atom is 0.353 e. The topological polar surface area (TPSA) is 215 Å². The highest BCUT2D eigenvalue weighted by molar-refractivity contribution is 8.00. The maximum absolute atomic E-state index is 12.9. The summed E-state index contributed by atoms with van der Waals surface area (Å²) in [5, 5.41) is 32.1. The molecule has 38 heavy (non-hydrogen) atoms.